The predicted octanol–water partition coefficient (Wildman–Crippen LogP) is 3.15. The highest BCUT2D eigenvalue weighted by Crippen LogP contribution is 2.17. The Morgan fingerprint density at radius 3 is 2.70 bits per heavy atom. The minimum atomic E-state index is -0.190. The second-order valence-electron chi connectivity index (χ2n) is 4.20. The van der Waals surface area contributed by atoms with Gasteiger partial charge in [0, 0.05) is 29.8 Å². The summed E-state index contributed by atoms with van der Waals surface area (Å²) in [6.07, 6.45) is 6.34. The van der Waals surface area contributed by atoms with Gasteiger partial charge < -0.3 is 4.57 Å². The van der Waals surface area contributed by atoms with Crippen molar-refractivity contribution >= 4 is 17.4 Å². The third-order valence-electron chi connectivity index (χ3n) is 2.92. The first kappa shape index (κ1) is 12.6. The lowest BCUT2D eigenvalue weighted by Crippen LogP contribution is -2.03. The number of hydrogen-bond donors (Lipinski definition) is 0. The average molecular weight is 284 g/mol. The smallest absolute Gasteiger partial charge is 0.199 e. The minimum Gasteiger partial charge on any atom is -0.323 e. The van der Waals surface area contributed by atoms with Crippen LogP contribution < -0.4 is 0 Å². The van der Waals surface area contributed by atoms with Crippen molar-refractivity contribution in [3.63, 3.8) is 0 Å². The predicted molar refractivity (Wildman–Crippen MR) is 76.2 cm³/mol. The molecule has 0 amide bonds. The molecule has 0 aliphatic carbocycles. The van der Waals surface area contributed by atoms with Crippen molar-refractivity contribution in [2.45, 2.75) is 0 Å². The van der Waals surface area contributed by atoms with Gasteiger partial charge in [0.2, 0.25) is 0 Å². The summed E-state index contributed by atoms with van der Waals surface area (Å²) < 4.78 is 1.88. The van der Waals surface area contributed by atoms with Gasteiger partial charge in [-0.25, -0.2) is 9.97 Å². The zero-order valence-electron chi connectivity index (χ0n) is 10.4. The number of nitrogens with zero attached hydrogens (tertiary/aromatic N) is 3. The standard InChI is InChI=1S/C15H10ClN3O/c16-15-13(8-17-10-18-15)14(20)11-6-7-19(9-11)12-4-2-1-3-5-12/h1-10H. The monoisotopic (exact) mass is 283 g/mol. The van der Waals surface area contributed by atoms with Crippen molar-refractivity contribution in [1.29, 1.82) is 0 Å². The summed E-state index contributed by atoms with van der Waals surface area (Å²) in [5.41, 5.74) is 1.84. The molecule has 2 aromatic heterocycles. The molecule has 0 radical (unpaired) electrons. The maximum absolute atomic E-state index is 12.3. The lowest BCUT2D eigenvalue weighted by molar-refractivity contribution is 0.103. The van der Waals surface area contributed by atoms with Gasteiger partial charge in [0.1, 0.15) is 11.5 Å². The summed E-state index contributed by atoms with van der Waals surface area (Å²) in [5, 5.41) is 0.164. The van der Waals surface area contributed by atoms with Gasteiger partial charge >= 0.3 is 0 Å². The molecule has 0 aliphatic heterocycles. The van der Waals surface area contributed by atoms with E-state index in [-0.39, 0.29) is 10.9 Å². The largest absolute Gasteiger partial charge is 0.323 e. The van der Waals surface area contributed by atoms with Crippen molar-refractivity contribution in [2.75, 3.05) is 0 Å². The highest BCUT2D eigenvalue weighted by molar-refractivity contribution is 6.33. The molecule has 20 heavy (non-hydrogen) atoms. The van der Waals surface area contributed by atoms with Crippen LogP contribution in [0.25, 0.3) is 5.69 Å². The fourth-order valence-electron chi connectivity index (χ4n) is 1.91. The summed E-state index contributed by atoms with van der Waals surface area (Å²) in [5.74, 6) is -0.190. The molecule has 0 N–H and O–H groups in total. The van der Waals surface area contributed by atoms with Gasteiger partial charge in [-0.2, -0.15) is 0 Å². The molecule has 0 unspecified atom stereocenters. The van der Waals surface area contributed by atoms with Crippen LogP contribution in [-0.2, 0) is 0 Å². The molecule has 0 spiro atoms. The van der Waals surface area contributed by atoms with E-state index < -0.39 is 0 Å². The maximum Gasteiger partial charge on any atom is 0.199 e. The van der Waals surface area contributed by atoms with Gasteiger partial charge in [-0.3, -0.25) is 4.79 Å². The minimum absolute atomic E-state index is 0.164. The van der Waals surface area contributed by atoms with Crippen LogP contribution >= 0.6 is 11.6 Å². The number of aromatic nitrogens is 3. The first-order valence-corrected chi connectivity index (χ1v) is 6.37. The molecule has 0 saturated carbocycles. The van der Waals surface area contributed by atoms with E-state index in [0.717, 1.165) is 5.69 Å². The molecule has 3 aromatic rings. The van der Waals surface area contributed by atoms with E-state index in [2.05, 4.69) is 9.97 Å². The molecule has 2 heterocycles. The normalized spacial score (nSPS) is 10.4. The number of carbonyl (C=O) groups is 1. The van der Waals surface area contributed by atoms with Crippen LogP contribution in [0.15, 0.2) is 61.3 Å². The second-order valence-corrected chi connectivity index (χ2v) is 4.56. The number of hydrogen-bond acceptors (Lipinski definition) is 3. The van der Waals surface area contributed by atoms with Crippen LogP contribution in [0.4, 0.5) is 0 Å². The van der Waals surface area contributed by atoms with E-state index >= 15 is 0 Å². The molecule has 1 aromatic carbocycles. The van der Waals surface area contributed by atoms with Gasteiger partial charge in [-0.05, 0) is 18.2 Å². The van der Waals surface area contributed by atoms with Crippen LogP contribution in [0.3, 0.4) is 0 Å². The summed E-state index contributed by atoms with van der Waals surface area (Å²) >= 11 is 5.91. The Bertz CT molecular complexity index is 753. The lowest BCUT2D eigenvalue weighted by Gasteiger charge is -2.02. The highest BCUT2D eigenvalue weighted by atomic mass is 35.5. The highest BCUT2D eigenvalue weighted by Gasteiger charge is 2.15. The summed E-state index contributed by atoms with van der Waals surface area (Å²) in [6, 6.07) is 11.5. The van der Waals surface area contributed by atoms with E-state index in [0.29, 0.717) is 11.1 Å². The van der Waals surface area contributed by atoms with Crippen molar-refractivity contribution in [1.82, 2.24) is 14.5 Å². The zero-order chi connectivity index (χ0) is 13.9. The lowest BCUT2D eigenvalue weighted by atomic mass is 10.1. The summed E-state index contributed by atoms with van der Waals surface area (Å²) in [6.45, 7) is 0. The molecule has 0 atom stereocenters. The summed E-state index contributed by atoms with van der Waals surface area (Å²) in [4.78, 5) is 20.0. The van der Waals surface area contributed by atoms with Crippen LogP contribution in [-0.4, -0.2) is 20.3 Å². The molecule has 98 valence electrons. The van der Waals surface area contributed by atoms with Crippen molar-refractivity contribution in [2.24, 2.45) is 0 Å². The van der Waals surface area contributed by atoms with Gasteiger partial charge in [0.15, 0.2) is 5.78 Å². The molecule has 0 aliphatic rings. The topological polar surface area (TPSA) is 47.8 Å². The van der Waals surface area contributed by atoms with Gasteiger partial charge in [-0.1, -0.05) is 29.8 Å². The molecule has 3 rings (SSSR count). The van der Waals surface area contributed by atoms with Crippen LogP contribution in [0, 0.1) is 0 Å². The first-order chi connectivity index (χ1) is 9.75. The molecular formula is C15H10ClN3O. The summed E-state index contributed by atoms with van der Waals surface area (Å²) in [7, 11) is 0. The third kappa shape index (κ3) is 2.33. The molecule has 0 fully saturated rings. The van der Waals surface area contributed by atoms with E-state index in [1.807, 2.05) is 41.1 Å². The Morgan fingerprint density at radius 2 is 1.95 bits per heavy atom. The van der Waals surface area contributed by atoms with Crippen LogP contribution in [0.2, 0.25) is 5.15 Å². The Kier molecular flexibility index (Phi) is 3.31. The van der Waals surface area contributed by atoms with E-state index in [1.165, 1.54) is 12.5 Å². The number of halogens is 1. The molecule has 0 saturated heterocycles. The fraction of sp³-hybridized carbons (Fsp3) is 0. The fourth-order valence-corrected chi connectivity index (χ4v) is 2.09. The quantitative estimate of drug-likeness (QED) is 0.548. The first-order valence-electron chi connectivity index (χ1n) is 5.99. The maximum atomic E-state index is 12.3. The van der Waals surface area contributed by atoms with Gasteiger partial charge in [-0.15, -0.1) is 0 Å². The average Bonchev–Trinajstić information content (AvgIpc) is 2.98. The molecular weight excluding hydrogens is 274 g/mol. The number of carbonyl (C=O) groups excluding carboxylic acids is 1. The number of benzene rings is 1. The van der Waals surface area contributed by atoms with E-state index in [9.17, 15) is 4.79 Å². The zero-order valence-corrected chi connectivity index (χ0v) is 11.2. The second kappa shape index (κ2) is 5.27. The van der Waals surface area contributed by atoms with Crippen LogP contribution in [0.1, 0.15) is 15.9 Å². The molecule has 0 bridgehead atoms. The van der Waals surface area contributed by atoms with Crippen molar-refractivity contribution in [3.8, 4) is 5.69 Å². The number of para-hydroxylation sites is 1. The SMILES string of the molecule is O=C(c1ccn(-c2ccccc2)c1)c1cncnc1Cl. The Labute approximate surface area is 120 Å². The van der Waals surface area contributed by atoms with Gasteiger partial charge in [0.25, 0.3) is 0 Å². The van der Waals surface area contributed by atoms with E-state index in [4.69, 9.17) is 11.6 Å². The van der Waals surface area contributed by atoms with E-state index in [1.54, 1.807) is 12.3 Å². The number of rotatable bonds is 3. The van der Waals surface area contributed by atoms with Gasteiger partial charge in [0.05, 0.1) is 5.56 Å². The Balaban J connectivity index is 1.95. The van der Waals surface area contributed by atoms with Crippen LogP contribution in [0.5, 0.6) is 0 Å². The Morgan fingerprint density at radius 1 is 1.15 bits per heavy atom. The molecule has 5 heteroatoms. The number of ketones is 1. The van der Waals surface area contributed by atoms with Crippen molar-refractivity contribution < 1.29 is 4.79 Å². The molecule has 4 nitrogen and oxygen atoms in total. The Hall–Kier alpha value is -2.46. The third-order valence-corrected chi connectivity index (χ3v) is 3.22. The van der Waals surface area contributed by atoms with Crippen molar-refractivity contribution in [3.05, 3.63) is 77.6 Å².